The number of Topliss-reactive ketones (excluding diaryl/α,β-unsaturated/α-hetero) is 1. The number of carbonyl (C=O) groups excluding carboxylic acids is 1. The molecule has 1 rings (SSSR count). The molecule has 1 nitrogen and oxygen atoms in total. The smallest absolute Gasteiger partial charge is 0.136 e. The van der Waals surface area contributed by atoms with Crippen LogP contribution in [0.15, 0.2) is 12.7 Å². The van der Waals surface area contributed by atoms with Gasteiger partial charge in [0.2, 0.25) is 0 Å². The molecular weight excluding hydrogens is 136 g/mol. The predicted octanol–water partition coefficient (Wildman–Crippen LogP) is 2.42. The molecule has 62 valence electrons. The van der Waals surface area contributed by atoms with Crippen molar-refractivity contribution in [2.24, 2.45) is 17.3 Å². The summed E-state index contributed by atoms with van der Waals surface area (Å²) >= 11 is 0. The van der Waals surface area contributed by atoms with Crippen molar-refractivity contribution in [3.05, 3.63) is 12.7 Å². The maximum Gasteiger partial charge on any atom is 0.136 e. The normalized spacial score (nSPS) is 35.7. The predicted molar refractivity (Wildman–Crippen MR) is 46.3 cm³/mol. The Morgan fingerprint density at radius 3 is 2.36 bits per heavy atom. The monoisotopic (exact) mass is 152 g/mol. The van der Waals surface area contributed by atoms with Crippen molar-refractivity contribution in [3.8, 4) is 0 Å². The summed E-state index contributed by atoms with van der Waals surface area (Å²) in [6.45, 7) is 10.1. The summed E-state index contributed by atoms with van der Waals surface area (Å²) in [6, 6.07) is 0. The van der Waals surface area contributed by atoms with Gasteiger partial charge in [-0.3, -0.25) is 4.79 Å². The fourth-order valence-corrected chi connectivity index (χ4v) is 1.78. The standard InChI is InChI=1S/C10H16O/c1-5-8-6-9(11)7(2)10(8,3)4/h5,7-8H,1,6H2,2-4H3/t7-,8+/m1/s1. The van der Waals surface area contributed by atoms with Gasteiger partial charge in [-0.05, 0) is 11.3 Å². The van der Waals surface area contributed by atoms with Crippen molar-refractivity contribution in [1.82, 2.24) is 0 Å². The van der Waals surface area contributed by atoms with Gasteiger partial charge in [0.1, 0.15) is 5.78 Å². The lowest BCUT2D eigenvalue weighted by atomic mass is 9.76. The molecule has 0 spiro atoms. The number of carbonyl (C=O) groups is 1. The van der Waals surface area contributed by atoms with Gasteiger partial charge in [-0.15, -0.1) is 6.58 Å². The van der Waals surface area contributed by atoms with Crippen LogP contribution in [-0.2, 0) is 4.79 Å². The molecule has 1 fully saturated rings. The summed E-state index contributed by atoms with van der Waals surface area (Å²) in [5.41, 5.74) is 0.124. The van der Waals surface area contributed by atoms with E-state index in [-0.39, 0.29) is 11.3 Å². The van der Waals surface area contributed by atoms with E-state index in [4.69, 9.17) is 0 Å². The first-order valence-corrected chi connectivity index (χ1v) is 4.15. The van der Waals surface area contributed by atoms with Gasteiger partial charge in [-0.1, -0.05) is 26.8 Å². The van der Waals surface area contributed by atoms with Crippen molar-refractivity contribution < 1.29 is 4.79 Å². The minimum absolute atomic E-state index is 0.124. The highest BCUT2D eigenvalue weighted by atomic mass is 16.1. The molecule has 0 heterocycles. The van der Waals surface area contributed by atoms with E-state index < -0.39 is 0 Å². The second kappa shape index (κ2) is 2.47. The molecule has 0 aromatic rings. The highest BCUT2D eigenvalue weighted by molar-refractivity contribution is 5.84. The zero-order valence-corrected chi connectivity index (χ0v) is 7.55. The highest BCUT2D eigenvalue weighted by Crippen LogP contribution is 2.45. The van der Waals surface area contributed by atoms with E-state index in [9.17, 15) is 4.79 Å². The molecule has 0 unspecified atom stereocenters. The Hall–Kier alpha value is -0.590. The van der Waals surface area contributed by atoms with E-state index in [1.54, 1.807) is 0 Å². The molecule has 0 bridgehead atoms. The first kappa shape index (κ1) is 8.51. The molecule has 1 aliphatic carbocycles. The summed E-state index contributed by atoms with van der Waals surface area (Å²) in [5, 5.41) is 0. The van der Waals surface area contributed by atoms with Gasteiger partial charge in [0.15, 0.2) is 0 Å². The largest absolute Gasteiger partial charge is 0.299 e. The molecule has 0 N–H and O–H groups in total. The fraction of sp³-hybridized carbons (Fsp3) is 0.700. The number of ketones is 1. The van der Waals surface area contributed by atoms with Gasteiger partial charge in [0.05, 0.1) is 0 Å². The third-order valence-electron chi connectivity index (χ3n) is 3.26. The lowest BCUT2D eigenvalue weighted by Crippen LogP contribution is -2.23. The van der Waals surface area contributed by atoms with E-state index in [2.05, 4.69) is 20.4 Å². The van der Waals surface area contributed by atoms with Crippen LogP contribution in [0, 0.1) is 17.3 Å². The molecule has 0 aromatic carbocycles. The summed E-state index contributed by atoms with van der Waals surface area (Å²) in [5.74, 6) is 0.968. The van der Waals surface area contributed by atoms with Gasteiger partial charge < -0.3 is 0 Å². The number of rotatable bonds is 1. The van der Waals surface area contributed by atoms with Crippen LogP contribution < -0.4 is 0 Å². The topological polar surface area (TPSA) is 17.1 Å². The number of hydrogen-bond donors (Lipinski definition) is 0. The van der Waals surface area contributed by atoms with Crippen LogP contribution in [0.1, 0.15) is 27.2 Å². The molecule has 0 radical (unpaired) electrons. The molecule has 1 heteroatoms. The molecule has 2 atom stereocenters. The maximum atomic E-state index is 11.3. The molecular formula is C10H16O. The van der Waals surface area contributed by atoms with Crippen molar-refractivity contribution in [2.45, 2.75) is 27.2 Å². The first-order chi connectivity index (χ1) is 5.00. The van der Waals surface area contributed by atoms with Gasteiger partial charge in [-0.2, -0.15) is 0 Å². The zero-order chi connectivity index (χ0) is 8.65. The summed E-state index contributed by atoms with van der Waals surface area (Å²) in [4.78, 5) is 11.3. The molecule has 11 heavy (non-hydrogen) atoms. The first-order valence-electron chi connectivity index (χ1n) is 4.15. The minimum Gasteiger partial charge on any atom is -0.299 e. The Morgan fingerprint density at radius 1 is 1.64 bits per heavy atom. The number of allylic oxidation sites excluding steroid dienone is 1. The Morgan fingerprint density at radius 2 is 2.18 bits per heavy atom. The number of hydrogen-bond acceptors (Lipinski definition) is 1. The van der Waals surface area contributed by atoms with Gasteiger partial charge in [0, 0.05) is 12.3 Å². The van der Waals surface area contributed by atoms with Gasteiger partial charge in [0.25, 0.3) is 0 Å². The van der Waals surface area contributed by atoms with E-state index >= 15 is 0 Å². The Balaban J connectivity index is 2.90. The van der Waals surface area contributed by atoms with E-state index in [0.29, 0.717) is 18.1 Å². The van der Waals surface area contributed by atoms with E-state index in [0.717, 1.165) is 0 Å². The minimum atomic E-state index is 0.124. The summed E-state index contributed by atoms with van der Waals surface area (Å²) in [6.07, 6.45) is 2.61. The quantitative estimate of drug-likeness (QED) is 0.527. The lowest BCUT2D eigenvalue weighted by Gasteiger charge is -2.27. The second-order valence-electron chi connectivity index (χ2n) is 4.06. The maximum absolute atomic E-state index is 11.3. The van der Waals surface area contributed by atoms with Crippen LogP contribution >= 0.6 is 0 Å². The average molecular weight is 152 g/mol. The van der Waals surface area contributed by atoms with Crippen molar-refractivity contribution in [2.75, 3.05) is 0 Å². The lowest BCUT2D eigenvalue weighted by molar-refractivity contribution is -0.121. The second-order valence-corrected chi connectivity index (χ2v) is 4.06. The van der Waals surface area contributed by atoms with Crippen molar-refractivity contribution in [3.63, 3.8) is 0 Å². The molecule has 0 amide bonds. The average Bonchev–Trinajstić information content (AvgIpc) is 2.13. The molecule has 1 aliphatic rings. The fourth-order valence-electron chi connectivity index (χ4n) is 1.78. The van der Waals surface area contributed by atoms with E-state index in [1.807, 2.05) is 13.0 Å². The van der Waals surface area contributed by atoms with Gasteiger partial charge >= 0.3 is 0 Å². The third kappa shape index (κ3) is 1.13. The Bertz CT molecular complexity index is 191. The highest BCUT2D eigenvalue weighted by Gasteiger charge is 2.44. The molecule has 0 saturated heterocycles. The van der Waals surface area contributed by atoms with Crippen molar-refractivity contribution in [1.29, 1.82) is 0 Å². The Labute approximate surface area is 68.5 Å². The van der Waals surface area contributed by atoms with Crippen LogP contribution in [0.5, 0.6) is 0 Å². The van der Waals surface area contributed by atoms with Crippen molar-refractivity contribution >= 4 is 5.78 Å². The van der Waals surface area contributed by atoms with Crippen LogP contribution in [0.4, 0.5) is 0 Å². The van der Waals surface area contributed by atoms with Crippen LogP contribution in [0.25, 0.3) is 0 Å². The van der Waals surface area contributed by atoms with Crippen LogP contribution in [-0.4, -0.2) is 5.78 Å². The SMILES string of the molecule is C=C[C@H]1CC(=O)[C@@H](C)C1(C)C. The van der Waals surface area contributed by atoms with E-state index in [1.165, 1.54) is 0 Å². The summed E-state index contributed by atoms with van der Waals surface area (Å²) in [7, 11) is 0. The van der Waals surface area contributed by atoms with Crippen LogP contribution in [0.3, 0.4) is 0 Å². The Kier molecular flexibility index (Phi) is 1.91. The molecule has 0 aromatic heterocycles. The summed E-state index contributed by atoms with van der Waals surface area (Å²) < 4.78 is 0. The third-order valence-corrected chi connectivity index (χ3v) is 3.26. The molecule has 0 aliphatic heterocycles. The zero-order valence-electron chi connectivity index (χ0n) is 7.55. The molecule has 1 saturated carbocycles. The van der Waals surface area contributed by atoms with Crippen LogP contribution in [0.2, 0.25) is 0 Å². The van der Waals surface area contributed by atoms with Gasteiger partial charge in [-0.25, -0.2) is 0 Å².